The molecule has 0 bridgehead atoms. The largest absolute Gasteiger partial charge is 0.354 e. The fraction of sp³-hybridized carbons (Fsp3) is 0.400. The Morgan fingerprint density at radius 2 is 1.95 bits per heavy atom. The van der Waals surface area contributed by atoms with Crippen LogP contribution < -0.4 is 10.2 Å². The van der Waals surface area contributed by atoms with E-state index in [1.54, 1.807) is 0 Å². The molecule has 2 aromatic rings. The Balaban J connectivity index is 2.01. The first-order valence-corrected chi connectivity index (χ1v) is 8.90. The van der Waals surface area contributed by atoms with Crippen molar-refractivity contribution in [1.82, 2.24) is 10.3 Å². The van der Waals surface area contributed by atoms with Crippen molar-refractivity contribution in [2.45, 2.75) is 6.54 Å². The Hall–Kier alpha value is -1.66. The summed E-state index contributed by atoms with van der Waals surface area (Å²) in [7, 11) is -0.974. The molecule has 1 aliphatic rings. The summed E-state index contributed by atoms with van der Waals surface area (Å²) in [6, 6.07) is 10.1. The van der Waals surface area contributed by atoms with Gasteiger partial charge < -0.3 is 10.2 Å². The highest BCUT2D eigenvalue weighted by Crippen LogP contribution is 2.25. The van der Waals surface area contributed by atoms with E-state index in [0.29, 0.717) is 13.1 Å². The molecular weight excluding hydrogens is 286 g/mol. The number of benzene rings is 1. The molecule has 1 aromatic heterocycles. The van der Waals surface area contributed by atoms with Crippen LogP contribution in [0.25, 0.3) is 10.9 Å². The molecule has 2 heterocycles. The molecule has 0 amide bonds. The molecule has 1 aromatic carbocycles. The number of pyridine rings is 1. The van der Waals surface area contributed by atoms with E-state index in [1.165, 1.54) is 0 Å². The summed E-state index contributed by atoms with van der Waals surface area (Å²) in [5.74, 6) is 1.32. The average Bonchev–Trinajstić information content (AvgIpc) is 2.47. The predicted octanol–water partition coefficient (Wildman–Crippen LogP) is 1.19. The third kappa shape index (κ3) is 3.01. The minimum Gasteiger partial charge on any atom is -0.354 e. The number of sulfone groups is 1. The van der Waals surface area contributed by atoms with Crippen LogP contribution in [0.15, 0.2) is 30.3 Å². The third-order valence-corrected chi connectivity index (χ3v) is 5.40. The highest BCUT2D eigenvalue weighted by molar-refractivity contribution is 7.91. The van der Waals surface area contributed by atoms with E-state index in [1.807, 2.05) is 31.3 Å². The van der Waals surface area contributed by atoms with Crippen molar-refractivity contribution in [3.05, 3.63) is 35.9 Å². The second-order valence-electron chi connectivity index (χ2n) is 5.33. The van der Waals surface area contributed by atoms with Crippen molar-refractivity contribution < 1.29 is 8.42 Å². The maximum absolute atomic E-state index is 11.6. The van der Waals surface area contributed by atoms with E-state index in [2.05, 4.69) is 16.3 Å². The number of fused-ring (bicyclic) bond motifs is 1. The van der Waals surface area contributed by atoms with Gasteiger partial charge in [0.1, 0.15) is 5.82 Å². The molecule has 1 saturated heterocycles. The van der Waals surface area contributed by atoms with Gasteiger partial charge in [0.25, 0.3) is 0 Å². The SMILES string of the molecule is CNCc1cc2ccccc2nc1N1CCS(=O)(=O)CC1. The molecule has 0 spiro atoms. The third-order valence-electron chi connectivity index (χ3n) is 3.79. The van der Waals surface area contributed by atoms with Gasteiger partial charge in [0, 0.05) is 30.6 Å². The first-order chi connectivity index (χ1) is 10.1. The van der Waals surface area contributed by atoms with Gasteiger partial charge in [0.15, 0.2) is 9.84 Å². The minimum atomic E-state index is -2.88. The highest BCUT2D eigenvalue weighted by atomic mass is 32.2. The van der Waals surface area contributed by atoms with Crippen molar-refractivity contribution in [2.75, 3.05) is 36.5 Å². The lowest BCUT2D eigenvalue weighted by Gasteiger charge is -2.29. The fourth-order valence-electron chi connectivity index (χ4n) is 2.67. The number of rotatable bonds is 3. The summed E-state index contributed by atoms with van der Waals surface area (Å²) >= 11 is 0. The Morgan fingerprint density at radius 3 is 2.67 bits per heavy atom. The van der Waals surface area contributed by atoms with E-state index in [4.69, 9.17) is 4.98 Å². The van der Waals surface area contributed by atoms with E-state index in [9.17, 15) is 8.42 Å². The standard InChI is InChI=1S/C15H19N3O2S/c1-16-11-13-10-12-4-2-3-5-14(12)17-15(13)18-6-8-21(19,20)9-7-18/h2-5,10,16H,6-9,11H2,1H3. The molecule has 112 valence electrons. The van der Waals surface area contributed by atoms with Gasteiger partial charge in [-0.2, -0.15) is 0 Å². The molecule has 6 heteroatoms. The molecule has 1 fully saturated rings. The van der Waals surface area contributed by atoms with Crippen LogP contribution in [0.4, 0.5) is 5.82 Å². The maximum atomic E-state index is 11.6. The second kappa shape index (κ2) is 5.61. The molecule has 0 aliphatic carbocycles. The van der Waals surface area contributed by atoms with Crippen molar-refractivity contribution in [1.29, 1.82) is 0 Å². The van der Waals surface area contributed by atoms with Crippen LogP contribution in [0, 0.1) is 0 Å². The van der Waals surface area contributed by atoms with Gasteiger partial charge in [-0.1, -0.05) is 18.2 Å². The van der Waals surface area contributed by atoms with Gasteiger partial charge >= 0.3 is 0 Å². The van der Waals surface area contributed by atoms with Crippen molar-refractivity contribution in [2.24, 2.45) is 0 Å². The first-order valence-electron chi connectivity index (χ1n) is 7.08. The van der Waals surface area contributed by atoms with Crippen LogP contribution in [0.5, 0.6) is 0 Å². The Kier molecular flexibility index (Phi) is 3.82. The highest BCUT2D eigenvalue weighted by Gasteiger charge is 2.24. The molecule has 0 saturated carbocycles. The minimum absolute atomic E-state index is 0.209. The molecule has 0 unspecified atom stereocenters. The Morgan fingerprint density at radius 1 is 1.24 bits per heavy atom. The normalized spacial score (nSPS) is 18.0. The zero-order valence-corrected chi connectivity index (χ0v) is 12.9. The zero-order chi connectivity index (χ0) is 14.9. The first kappa shape index (κ1) is 14.3. The number of nitrogens with one attached hydrogen (secondary N) is 1. The topological polar surface area (TPSA) is 62.3 Å². The summed E-state index contributed by atoms with van der Waals surface area (Å²) in [5, 5.41) is 4.27. The monoisotopic (exact) mass is 305 g/mol. The van der Waals surface area contributed by atoms with Crippen LogP contribution in [0.1, 0.15) is 5.56 Å². The van der Waals surface area contributed by atoms with Gasteiger partial charge in [-0.05, 0) is 19.2 Å². The van der Waals surface area contributed by atoms with E-state index >= 15 is 0 Å². The molecule has 1 N–H and O–H groups in total. The van der Waals surface area contributed by atoms with Crippen LogP contribution in [-0.4, -0.2) is 45.0 Å². The summed E-state index contributed by atoms with van der Waals surface area (Å²) < 4.78 is 23.2. The second-order valence-corrected chi connectivity index (χ2v) is 7.64. The Labute approximate surface area is 124 Å². The molecule has 5 nitrogen and oxygen atoms in total. The molecule has 21 heavy (non-hydrogen) atoms. The predicted molar refractivity (Wildman–Crippen MR) is 85.4 cm³/mol. The number of para-hydroxylation sites is 1. The summed E-state index contributed by atoms with van der Waals surface area (Å²) in [6.45, 7) is 1.76. The van der Waals surface area contributed by atoms with Gasteiger partial charge in [-0.3, -0.25) is 0 Å². The van der Waals surface area contributed by atoms with Crippen molar-refractivity contribution in [3.8, 4) is 0 Å². The number of nitrogens with zero attached hydrogens (tertiary/aromatic N) is 2. The number of anilines is 1. The quantitative estimate of drug-likeness (QED) is 0.923. The van der Waals surface area contributed by atoms with Gasteiger partial charge in [0.2, 0.25) is 0 Å². The maximum Gasteiger partial charge on any atom is 0.153 e. The summed E-state index contributed by atoms with van der Waals surface area (Å²) in [5.41, 5.74) is 2.05. The van der Waals surface area contributed by atoms with E-state index in [0.717, 1.165) is 28.8 Å². The zero-order valence-electron chi connectivity index (χ0n) is 12.0. The lowest BCUT2D eigenvalue weighted by molar-refractivity contribution is 0.586. The van der Waals surface area contributed by atoms with Crippen molar-refractivity contribution in [3.63, 3.8) is 0 Å². The fourth-order valence-corrected chi connectivity index (χ4v) is 3.87. The number of hydrogen-bond acceptors (Lipinski definition) is 5. The van der Waals surface area contributed by atoms with Gasteiger partial charge in [-0.15, -0.1) is 0 Å². The van der Waals surface area contributed by atoms with Gasteiger partial charge in [-0.25, -0.2) is 13.4 Å². The number of aromatic nitrogens is 1. The van der Waals surface area contributed by atoms with Crippen molar-refractivity contribution >= 4 is 26.6 Å². The molecule has 0 radical (unpaired) electrons. The van der Waals surface area contributed by atoms with E-state index in [-0.39, 0.29) is 11.5 Å². The van der Waals surface area contributed by atoms with Gasteiger partial charge in [0.05, 0.1) is 17.0 Å². The summed E-state index contributed by atoms with van der Waals surface area (Å²) in [4.78, 5) is 6.84. The molecule has 1 aliphatic heterocycles. The lowest BCUT2D eigenvalue weighted by Crippen LogP contribution is -2.41. The van der Waals surface area contributed by atoms with E-state index < -0.39 is 9.84 Å². The molecular formula is C15H19N3O2S. The number of hydrogen-bond donors (Lipinski definition) is 1. The van der Waals surface area contributed by atoms with Crippen LogP contribution >= 0.6 is 0 Å². The smallest absolute Gasteiger partial charge is 0.153 e. The summed E-state index contributed by atoms with van der Waals surface area (Å²) in [6.07, 6.45) is 0. The van der Waals surface area contributed by atoms with Crippen LogP contribution in [-0.2, 0) is 16.4 Å². The average molecular weight is 305 g/mol. The van der Waals surface area contributed by atoms with Crippen LogP contribution in [0.3, 0.4) is 0 Å². The molecule has 3 rings (SSSR count). The molecule has 0 atom stereocenters. The van der Waals surface area contributed by atoms with Crippen LogP contribution in [0.2, 0.25) is 0 Å². The lowest BCUT2D eigenvalue weighted by atomic mass is 10.1. The Bertz CT molecular complexity index is 745.